The standard InChI is InChI=1S/C18H17F2N3OS/c1-12-9-16(17-3-2-8-25-17)22-23(12)7-6-21-18(24)10-13-4-5-14(19)11-15(13)20/h2-5,8-9,11H,6-7,10H2,1H3,(H,21,24). The van der Waals surface area contributed by atoms with Crippen LogP contribution >= 0.6 is 11.3 Å². The summed E-state index contributed by atoms with van der Waals surface area (Å²) in [6.07, 6.45) is -0.120. The van der Waals surface area contributed by atoms with Gasteiger partial charge in [-0.2, -0.15) is 5.10 Å². The van der Waals surface area contributed by atoms with E-state index >= 15 is 0 Å². The molecule has 0 aliphatic rings. The van der Waals surface area contributed by atoms with Gasteiger partial charge in [-0.25, -0.2) is 8.78 Å². The molecule has 1 amide bonds. The molecule has 3 rings (SSSR count). The summed E-state index contributed by atoms with van der Waals surface area (Å²) in [5.74, 6) is -1.68. The number of amides is 1. The van der Waals surface area contributed by atoms with E-state index in [1.54, 1.807) is 11.3 Å². The Hall–Kier alpha value is -2.54. The summed E-state index contributed by atoms with van der Waals surface area (Å²) in [6.45, 7) is 2.86. The van der Waals surface area contributed by atoms with Gasteiger partial charge in [-0.1, -0.05) is 12.1 Å². The number of aryl methyl sites for hydroxylation is 1. The summed E-state index contributed by atoms with van der Waals surface area (Å²) in [6, 6.07) is 9.20. The number of nitrogens with zero attached hydrogens (tertiary/aromatic N) is 2. The highest BCUT2D eigenvalue weighted by Crippen LogP contribution is 2.23. The van der Waals surface area contributed by atoms with Gasteiger partial charge in [0.15, 0.2) is 0 Å². The van der Waals surface area contributed by atoms with Gasteiger partial charge in [0, 0.05) is 18.3 Å². The Balaban J connectivity index is 1.53. The van der Waals surface area contributed by atoms with Crippen molar-refractivity contribution in [3.05, 3.63) is 64.7 Å². The molecule has 0 saturated carbocycles. The van der Waals surface area contributed by atoms with Crippen molar-refractivity contribution in [2.75, 3.05) is 6.54 Å². The number of nitrogens with one attached hydrogen (secondary N) is 1. The van der Waals surface area contributed by atoms with Gasteiger partial charge in [-0.05, 0) is 36.1 Å². The fraction of sp³-hybridized carbons (Fsp3) is 0.222. The van der Waals surface area contributed by atoms with Crippen molar-refractivity contribution in [1.29, 1.82) is 0 Å². The Labute approximate surface area is 148 Å². The Kier molecular flexibility index (Phi) is 5.23. The third-order valence-corrected chi connectivity index (χ3v) is 4.66. The monoisotopic (exact) mass is 361 g/mol. The lowest BCUT2D eigenvalue weighted by atomic mass is 10.1. The topological polar surface area (TPSA) is 46.9 Å². The van der Waals surface area contributed by atoms with Crippen LogP contribution in [0.25, 0.3) is 10.6 Å². The maximum Gasteiger partial charge on any atom is 0.224 e. The van der Waals surface area contributed by atoms with Crippen molar-refractivity contribution in [1.82, 2.24) is 15.1 Å². The molecule has 0 unspecified atom stereocenters. The van der Waals surface area contributed by atoms with Crippen molar-refractivity contribution in [3.63, 3.8) is 0 Å². The van der Waals surface area contributed by atoms with Gasteiger partial charge in [-0.15, -0.1) is 11.3 Å². The smallest absolute Gasteiger partial charge is 0.224 e. The minimum Gasteiger partial charge on any atom is -0.354 e. The van der Waals surface area contributed by atoms with Crippen LogP contribution in [0, 0.1) is 18.6 Å². The van der Waals surface area contributed by atoms with E-state index in [0.29, 0.717) is 13.1 Å². The van der Waals surface area contributed by atoms with Crippen molar-refractivity contribution < 1.29 is 13.6 Å². The molecule has 0 aliphatic carbocycles. The average molecular weight is 361 g/mol. The summed E-state index contributed by atoms with van der Waals surface area (Å²) in [5.41, 5.74) is 2.09. The van der Waals surface area contributed by atoms with Crippen LogP contribution in [0.2, 0.25) is 0 Å². The molecule has 0 aliphatic heterocycles. The zero-order valence-electron chi connectivity index (χ0n) is 13.6. The molecule has 130 valence electrons. The molecule has 0 bridgehead atoms. The van der Waals surface area contributed by atoms with E-state index in [-0.39, 0.29) is 17.9 Å². The van der Waals surface area contributed by atoms with Gasteiger partial charge in [0.05, 0.1) is 17.8 Å². The van der Waals surface area contributed by atoms with Gasteiger partial charge in [-0.3, -0.25) is 9.48 Å². The highest BCUT2D eigenvalue weighted by atomic mass is 32.1. The van der Waals surface area contributed by atoms with Gasteiger partial charge in [0.2, 0.25) is 5.91 Å². The Morgan fingerprint density at radius 3 is 2.84 bits per heavy atom. The van der Waals surface area contributed by atoms with Crippen LogP contribution in [0.5, 0.6) is 0 Å². The number of thiophene rings is 1. The minimum atomic E-state index is -0.710. The molecule has 0 saturated heterocycles. The average Bonchev–Trinajstić information content (AvgIpc) is 3.20. The van der Waals surface area contributed by atoms with Crippen LogP contribution in [0.3, 0.4) is 0 Å². The molecule has 4 nitrogen and oxygen atoms in total. The Morgan fingerprint density at radius 1 is 1.28 bits per heavy atom. The SMILES string of the molecule is Cc1cc(-c2cccs2)nn1CCNC(=O)Cc1ccc(F)cc1F. The normalized spacial score (nSPS) is 10.8. The summed E-state index contributed by atoms with van der Waals surface area (Å²) < 4.78 is 28.2. The number of rotatable bonds is 6. The first-order valence-corrected chi connectivity index (χ1v) is 8.70. The molecule has 25 heavy (non-hydrogen) atoms. The first-order chi connectivity index (χ1) is 12.0. The molecule has 2 aromatic heterocycles. The first-order valence-electron chi connectivity index (χ1n) is 7.82. The molecule has 0 radical (unpaired) electrons. The second kappa shape index (κ2) is 7.57. The van der Waals surface area contributed by atoms with Gasteiger partial charge >= 0.3 is 0 Å². The van der Waals surface area contributed by atoms with Crippen LogP contribution in [0.15, 0.2) is 41.8 Å². The number of hydrogen-bond acceptors (Lipinski definition) is 3. The fourth-order valence-corrected chi connectivity index (χ4v) is 3.16. The summed E-state index contributed by atoms with van der Waals surface area (Å²) in [5, 5.41) is 9.26. The van der Waals surface area contributed by atoms with Gasteiger partial charge in [0.25, 0.3) is 0 Å². The molecular weight excluding hydrogens is 344 g/mol. The lowest BCUT2D eigenvalue weighted by Crippen LogP contribution is -2.29. The quantitative estimate of drug-likeness (QED) is 0.730. The van der Waals surface area contributed by atoms with Crippen LogP contribution in [-0.4, -0.2) is 22.2 Å². The fourth-order valence-electron chi connectivity index (χ4n) is 2.48. The maximum atomic E-state index is 13.6. The predicted molar refractivity (Wildman–Crippen MR) is 93.3 cm³/mol. The molecule has 0 fully saturated rings. The van der Waals surface area contributed by atoms with Crippen LogP contribution < -0.4 is 5.32 Å². The van der Waals surface area contributed by atoms with E-state index < -0.39 is 11.6 Å². The second-order valence-electron chi connectivity index (χ2n) is 5.63. The van der Waals surface area contributed by atoms with Crippen LogP contribution in [0.4, 0.5) is 8.78 Å². The molecule has 7 heteroatoms. The molecule has 2 heterocycles. The van der Waals surface area contributed by atoms with Crippen molar-refractivity contribution in [2.24, 2.45) is 0 Å². The van der Waals surface area contributed by atoms with Gasteiger partial charge < -0.3 is 5.32 Å². The number of carbonyl (C=O) groups is 1. The Bertz CT molecular complexity index is 875. The number of aromatic nitrogens is 2. The molecular formula is C18H17F2N3OS. The predicted octanol–water partition coefficient (Wildman–Crippen LogP) is 3.56. The third kappa shape index (κ3) is 4.30. The highest BCUT2D eigenvalue weighted by molar-refractivity contribution is 7.13. The van der Waals surface area contributed by atoms with Crippen molar-refractivity contribution in [3.8, 4) is 10.6 Å². The number of hydrogen-bond donors (Lipinski definition) is 1. The zero-order valence-corrected chi connectivity index (χ0v) is 14.4. The first kappa shape index (κ1) is 17.3. The van der Waals surface area contributed by atoms with E-state index in [9.17, 15) is 13.6 Å². The molecule has 0 spiro atoms. The lowest BCUT2D eigenvalue weighted by Gasteiger charge is -2.07. The largest absolute Gasteiger partial charge is 0.354 e. The zero-order chi connectivity index (χ0) is 17.8. The summed E-state index contributed by atoms with van der Waals surface area (Å²) in [7, 11) is 0. The van der Waals surface area contributed by atoms with E-state index in [2.05, 4.69) is 10.4 Å². The minimum absolute atomic E-state index is 0.120. The third-order valence-electron chi connectivity index (χ3n) is 3.77. The number of carbonyl (C=O) groups excluding carboxylic acids is 1. The molecule has 1 aromatic carbocycles. The summed E-state index contributed by atoms with van der Waals surface area (Å²) >= 11 is 1.62. The second-order valence-corrected chi connectivity index (χ2v) is 6.58. The van der Waals surface area contributed by atoms with E-state index in [4.69, 9.17) is 0 Å². The number of benzene rings is 1. The Morgan fingerprint density at radius 2 is 2.12 bits per heavy atom. The van der Waals surface area contributed by atoms with E-state index in [1.165, 1.54) is 6.07 Å². The van der Waals surface area contributed by atoms with Crippen molar-refractivity contribution in [2.45, 2.75) is 19.9 Å². The molecule has 1 N–H and O–H groups in total. The molecule has 3 aromatic rings. The molecule has 0 atom stereocenters. The van der Waals surface area contributed by atoms with Crippen LogP contribution in [0.1, 0.15) is 11.3 Å². The maximum absolute atomic E-state index is 13.6. The highest BCUT2D eigenvalue weighted by Gasteiger charge is 2.10. The van der Waals surface area contributed by atoms with Gasteiger partial charge in [0.1, 0.15) is 17.3 Å². The lowest BCUT2D eigenvalue weighted by molar-refractivity contribution is -0.120. The summed E-state index contributed by atoms with van der Waals surface area (Å²) in [4.78, 5) is 13.0. The van der Waals surface area contributed by atoms with E-state index in [1.807, 2.05) is 35.2 Å². The number of halogens is 2. The van der Waals surface area contributed by atoms with Crippen molar-refractivity contribution >= 4 is 17.2 Å². The van der Waals surface area contributed by atoms with Crippen LogP contribution in [-0.2, 0) is 17.8 Å². The van der Waals surface area contributed by atoms with E-state index in [0.717, 1.165) is 28.4 Å².